The SMILES string of the molecule is CNC1CCC2(C)C3=C(C(=O)CC2C1(C)C)C1(C)CC(O)C(C(C)N(C)C(=O)c2ccc(OC)c(OC)c2)C1(C)CC3=O. The van der Waals surface area contributed by atoms with Gasteiger partial charge in [-0.05, 0) is 68.2 Å². The summed E-state index contributed by atoms with van der Waals surface area (Å²) in [7, 11) is 6.80. The van der Waals surface area contributed by atoms with Gasteiger partial charge >= 0.3 is 0 Å². The quantitative estimate of drug-likeness (QED) is 0.486. The average molecular weight is 595 g/mol. The number of hydrogen-bond acceptors (Lipinski definition) is 7. The van der Waals surface area contributed by atoms with Crippen LogP contribution in [0.25, 0.3) is 0 Å². The molecule has 2 fully saturated rings. The smallest absolute Gasteiger partial charge is 0.253 e. The summed E-state index contributed by atoms with van der Waals surface area (Å²) in [6.07, 6.45) is 2.06. The Morgan fingerprint density at radius 3 is 2.30 bits per heavy atom. The van der Waals surface area contributed by atoms with Crippen molar-refractivity contribution >= 4 is 17.5 Å². The maximum Gasteiger partial charge on any atom is 0.253 e. The van der Waals surface area contributed by atoms with E-state index in [-0.39, 0.29) is 41.3 Å². The average Bonchev–Trinajstić information content (AvgIpc) is 3.16. The van der Waals surface area contributed by atoms with E-state index in [2.05, 4.69) is 39.9 Å². The van der Waals surface area contributed by atoms with Gasteiger partial charge in [-0.15, -0.1) is 0 Å². The normalized spacial score (nSPS) is 37.3. The highest BCUT2D eigenvalue weighted by Crippen LogP contribution is 2.70. The van der Waals surface area contributed by atoms with E-state index in [0.717, 1.165) is 18.4 Å². The molecule has 8 nitrogen and oxygen atoms in total. The van der Waals surface area contributed by atoms with Gasteiger partial charge in [-0.2, -0.15) is 0 Å². The van der Waals surface area contributed by atoms with Crippen molar-refractivity contribution in [3.05, 3.63) is 34.9 Å². The van der Waals surface area contributed by atoms with Crippen LogP contribution in [-0.4, -0.2) is 74.0 Å². The van der Waals surface area contributed by atoms with Crippen molar-refractivity contribution < 1.29 is 29.0 Å². The Morgan fingerprint density at radius 1 is 1.05 bits per heavy atom. The van der Waals surface area contributed by atoms with E-state index >= 15 is 0 Å². The zero-order chi connectivity index (χ0) is 31.9. The van der Waals surface area contributed by atoms with Crippen LogP contribution in [0, 0.1) is 33.5 Å². The van der Waals surface area contributed by atoms with Crippen LogP contribution in [-0.2, 0) is 9.59 Å². The van der Waals surface area contributed by atoms with Crippen LogP contribution in [0.1, 0.15) is 84.0 Å². The number of carbonyl (C=O) groups excluding carboxylic acids is 3. The van der Waals surface area contributed by atoms with Crippen LogP contribution in [0.2, 0.25) is 0 Å². The summed E-state index contributed by atoms with van der Waals surface area (Å²) in [6, 6.07) is 4.94. The van der Waals surface area contributed by atoms with E-state index in [4.69, 9.17) is 9.47 Å². The number of fused-ring (bicyclic) bond motifs is 4. The number of nitrogens with one attached hydrogen (secondary N) is 1. The number of Topliss-reactive ketones (excluding diaryl/α,β-unsaturated/α-hetero) is 2. The first-order valence-corrected chi connectivity index (χ1v) is 15.7. The molecule has 5 rings (SSSR count). The summed E-state index contributed by atoms with van der Waals surface area (Å²) >= 11 is 0. The lowest BCUT2D eigenvalue weighted by Crippen LogP contribution is -2.61. The van der Waals surface area contributed by atoms with E-state index in [1.165, 1.54) is 7.11 Å². The molecule has 2 saturated carbocycles. The molecule has 8 heteroatoms. The number of ketones is 2. The molecule has 1 aromatic carbocycles. The molecule has 0 heterocycles. The molecule has 0 radical (unpaired) electrons. The Morgan fingerprint density at radius 2 is 1.70 bits per heavy atom. The maximum atomic E-state index is 14.4. The van der Waals surface area contributed by atoms with Crippen LogP contribution < -0.4 is 14.8 Å². The summed E-state index contributed by atoms with van der Waals surface area (Å²) in [6.45, 7) is 12.8. The summed E-state index contributed by atoms with van der Waals surface area (Å²) in [5, 5.41) is 15.2. The van der Waals surface area contributed by atoms with Crippen molar-refractivity contribution in [1.29, 1.82) is 0 Å². The molecule has 0 aliphatic heterocycles. The number of aliphatic hydroxyl groups excluding tert-OH is 1. The Bertz CT molecular complexity index is 1380. The highest BCUT2D eigenvalue weighted by atomic mass is 16.5. The first-order valence-electron chi connectivity index (χ1n) is 15.7. The third-order valence-corrected chi connectivity index (χ3v) is 12.8. The minimum atomic E-state index is -0.778. The minimum absolute atomic E-state index is 0.0365. The summed E-state index contributed by atoms with van der Waals surface area (Å²) in [5.74, 6) is 0.521. The Hall–Kier alpha value is -2.71. The summed E-state index contributed by atoms with van der Waals surface area (Å²) in [4.78, 5) is 44.1. The van der Waals surface area contributed by atoms with Gasteiger partial charge in [0.05, 0.1) is 20.3 Å². The van der Waals surface area contributed by atoms with Gasteiger partial charge in [0, 0.05) is 65.4 Å². The minimum Gasteiger partial charge on any atom is -0.493 e. The van der Waals surface area contributed by atoms with Gasteiger partial charge in [0.2, 0.25) is 0 Å². The second-order valence-corrected chi connectivity index (χ2v) is 14.9. The molecule has 236 valence electrons. The number of carbonyl (C=O) groups is 3. The number of aliphatic hydroxyl groups is 1. The predicted molar refractivity (Wildman–Crippen MR) is 165 cm³/mol. The molecule has 0 bridgehead atoms. The molecule has 1 amide bonds. The number of allylic oxidation sites excluding steroid dienone is 2. The Kier molecular flexibility index (Phi) is 7.70. The second kappa shape index (κ2) is 10.4. The van der Waals surface area contributed by atoms with Crippen LogP contribution >= 0.6 is 0 Å². The van der Waals surface area contributed by atoms with Crippen LogP contribution in [0.15, 0.2) is 29.3 Å². The van der Waals surface area contributed by atoms with E-state index in [9.17, 15) is 19.5 Å². The lowest BCUT2D eigenvalue weighted by Gasteiger charge is -2.61. The number of benzene rings is 1. The molecule has 43 heavy (non-hydrogen) atoms. The van der Waals surface area contributed by atoms with Crippen molar-refractivity contribution in [2.24, 2.45) is 33.5 Å². The zero-order valence-corrected chi connectivity index (χ0v) is 27.6. The van der Waals surface area contributed by atoms with Gasteiger partial charge in [0.1, 0.15) is 0 Å². The molecule has 4 aliphatic carbocycles. The van der Waals surface area contributed by atoms with E-state index in [0.29, 0.717) is 35.5 Å². The first kappa shape index (κ1) is 31.7. The third kappa shape index (κ3) is 4.26. The first-order chi connectivity index (χ1) is 20.0. The third-order valence-electron chi connectivity index (χ3n) is 12.8. The molecule has 2 N–H and O–H groups in total. The van der Waals surface area contributed by atoms with Crippen molar-refractivity contribution in [3.8, 4) is 11.5 Å². The van der Waals surface area contributed by atoms with E-state index in [1.54, 1.807) is 37.3 Å². The van der Waals surface area contributed by atoms with Crippen LogP contribution in [0.5, 0.6) is 11.5 Å². The predicted octanol–water partition coefficient (Wildman–Crippen LogP) is 4.83. The van der Waals surface area contributed by atoms with E-state index in [1.807, 2.05) is 14.0 Å². The number of nitrogens with zero attached hydrogens (tertiary/aromatic N) is 1. The van der Waals surface area contributed by atoms with E-state index < -0.39 is 34.3 Å². The number of methoxy groups -OCH3 is 2. The molecule has 4 aliphatic rings. The zero-order valence-electron chi connectivity index (χ0n) is 27.6. The topological polar surface area (TPSA) is 105 Å². The molecule has 8 unspecified atom stereocenters. The van der Waals surface area contributed by atoms with Gasteiger partial charge < -0.3 is 24.8 Å². The van der Waals surface area contributed by atoms with Gasteiger partial charge in [-0.1, -0.05) is 34.6 Å². The summed E-state index contributed by atoms with van der Waals surface area (Å²) in [5.41, 5.74) is -0.106. The van der Waals surface area contributed by atoms with Gasteiger partial charge in [-0.3, -0.25) is 14.4 Å². The highest BCUT2D eigenvalue weighted by molar-refractivity contribution is 6.11. The molecule has 1 aromatic rings. The van der Waals surface area contributed by atoms with Crippen molar-refractivity contribution in [2.45, 2.75) is 91.8 Å². The summed E-state index contributed by atoms with van der Waals surface area (Å²) < 4.78 is 10.7. The number of ether oxygens (including phenoxy) is 2. The van der Waals surface area contributed by atoms with Crippen molar-refractivity contribution in [1.82, 2.24) is 10.2 Å². The molecular weight excluding hydrogens is 544 g/mol. The number of hydrogen-bond donors (Lipinski definition) is 2. The Labute approximate surface area is 256 Å². The Balaban J connectivity index is 1.53. The fraction of sp³-hybridized carbons (Fsp3) is 0.686. The van der Waals surface area contributed by atoms with Crippen molar-refractivity contribution in [3.63, 3.8) is 0 Å². The fourth-order valence-electron chi connectivity index (χ4n) is 10.3. The molecule has 0 aromatic heterocycles. The molecule has 0 spiro atoms. The second-order valence-electron chi connectivity index (χ2n) is 14.9. The largest absolute Gasteiger partial charge is 0.493 e. The van der Waals surface area contributed by atoms with Gasteiger partial charge in [-0.25, -0.2) is 0 Å². The molecule has 0 saturated heterocycles. The van der Waals surface area contributed by atoms with Gasteiger partial charge in [0.25, 0.3) is 5.91 Å². The maximum absolute atomic E-state index is 14.4. The number of amides is 1. The van der Waals surface area contributed by atoms with Gasteiger partial charge in [0.15, 0.2) is 23.1 Å². The monoisotopic (exact) mass is 594 g/mol. The lowest BCUT2D eigenvalue weighted by atomic mass is 9.42. The molecular formula is C35H50N2O6. The van der Waals surface area contributed by atoms with Crippen molar-refractivity contribution in [2.75, 3.05) is 28.3 Å². The highest BCUT2D eigenvalue weighted by Gasteiger charge is 2.69. The number of rotatable bonds is 6. The fourth-order valence-corrected chi connectivity index (χ4v) is 10.3. The van der Waals surface area contributed by atoms with Crippen LogP contribution in [0.3, 0.4) is 0 Å². The standard InChI is InChI=1S/C35H50N2O6/c1-19(37(8)31(41)20-11-12-24(42-9)25(15-20)43-10)28-22(39)17-35(6)30-21(38)16-26-32(2,3)27(36-7)13-14-33(26,4)29(30)23(40)18-34(28,35)5/h11-12,15,19,22,26-28,36,39H,13-14,16-18H2,1-10H3. The molecule has 8 atom stereocenters. The lowest BCUT2D eigenvalue weighted by molar-refractivity contribution is -0.136. The van der Waals surface area contributed by atoms with Crippen LogP contribution in [0.4, 0.5) is 0 Å².